The molecule has 6 nitrogen and oxygen atoms in total. The van der Waals surface area contributed by atoms with Gasteiger partial charge in [-0.1, -0.05) is 12.1 Å². The van der Waals surface area contributed by atoms with Crippen LogP contribution < -0.4 is 11.4 Å². The van der Waals surface area contributed by atoms with Crippen molar-refractivity contribution in [2.75, 3.05) is 11.5 Å². The van der Waals surface area contributed by atoms with E-state index < -0.39 is 5.69 Å². The Labute approximate surface area is 124 Å². The highest BCUT2D eigenvalue weighted by atomic mass is 32.2. The summed E-state index contributed by atoms with van der Waals surface area (Å²) in [5, 5.41) is 4.02. The van der Waals surface area contributed by atoms with Crippen molar-refractivity contribution in [3.8, 4) is 0 Å². The van der Waals surface area contributed by atoms with E-state index in [1.165, 1.54) is 16.2 Å². The van der Waals surface area contributed by atoms with Gasteiger partial charge in [0.15, 0.2) is 5.65 Å². The van der Waals surface area contributed by atoms with Crippen molar-refractivity contribution in [2.45, 2.75) is 4.90 Å². The average Bonchev–Trinajstić information content (AvgIpc) is 2.83. The van der Waals surface area contributed by atoms with Crippen molar-refractivity contribution in [3.63, 3.8) is 0 Å². The van der Waals surface area contributed by atoms with Crippen LogP contribution in [-0.2, 0) is 0 Å². The molecule has 21 heavy (non-hydrogen) atoms. The molecule has 0 unspecified atom stereocenters. The molecule has 3 rings (SSSR count). The van der Waals surface area contributed by atoms with Gasteiger partial charge in [0.25, 0.3) is 5.91 Å². The van der Waals surface area contributed by atoms with Crippen LogP contribution in [0.25, 0.3) is 5.65 Å². The quantitative estimate of drug-likeness (QED) is 0.585. The third-order valence-corrected chi connectivity index (χ3v) is 3.86. The van der Waals surface area contributed by atoms with Gasteiger partial charge in [0.1, 0.15) is 0 Å². The Balaban J connectivity index is 1.81. The maximum Gasteiger partial charge on any atom is 0.357 e. The second-order valence-electron chi connectivity index (χ2n) is 4.38. The van der Waals surface area contributed by atoms with Crippen LogP contribution >= 0.6 is 11.8 Å². The Morgan fingerprint density at radius 2 is 2.10 bits per heavy atom. The van der Waals surface area contributed by atoms with Gasteiger partial charge in [-0.2, -0.15) is 0 Å². The molecule has 3 aromatic rings. The van der Waals surface area contributed by atoms with E-state index in [9.17, 15) is 9.59 Å². The van der Waals surface area contributed by atoms with Crippen LogP contribution in [0.4, 0.5) is 5.69 Å². The van der Waals surface area contributed by atoms with Crippen molar-refractivity contribution in [1.29, 1.82) is 0 Å². The molecule has 0 fully saturated rings. The molecule has 0 saturated carbocycles. The van der Waals surface area contributed by atoms with E-state index in [0.717, 1.165) is 9.58 Å². The Morgan fingerprint density at radius 3 is 2.86 bits per heavy atom. The number of thioether (sulfide) groups is 1. The Bertz CT molecular complexity index is 869. The highest BCUT2D eigenvalue weighted by molar-refractivity contribution is 8.00. The van der Waals surface area contributed by atoms with Crippen molar-refractivity contribution in [1.82, 2.24) is 14.2 Å². The molecule has 0 aliphatic heterocycles. The number of carbonyl (C=O) groups is 1. The fourth-order valence-electron chi connectivity index (χ4n) is 1.90. The standard InChI is InChI=1S/C14H12N4O2S/c15-10-4-3-5-11(8-10)21-9-13(19)18-14(20)17-7-2-1-6-12(17)16-18/h1-8H,9,15H2. The summed E-state index contributed by atoms with van der Waals surface area (Å²) in [6.45, 7) is 0. The molecule has 0 radical (unpaired) electrons. The number of nitrogens with two attached hydrogens (primary N) is 1. The van der Waals surface area contributed by atoms with Gasteiger partial charge in [0.2, 0.25) is 0 Å². The van der Waals surface area contributed by atoms with Gasteiger partial charge in [-0.05, 0) is 30.3 Å². The molecule has 2 N–H and O–H groups in total. The normalized spacial score (nSPS) is 10.9. The molecule has 106 valence electrons. The van der Waals surface area contributed by atoms with Gasteiger partial charge in [-0.25, -0.2) is 9.20 Å². The zero-order chi connectivity index (χ0) is 14.8. The highest BCUT2D eigenvalue weighted by Crippen LogP contribution is 2.20. The van der Waals surface area contributed by atoms with E-state index >= 15 is 0 Å². The molecule has 0 amide bonds. The average molecular weight is 300 g/mol. The van der Waals surface area contributed by atoms with Crippen molar-refractivity contribution < 1.29 is 4.79 Å². The first-order valence-corrected chi connectivity index (χ1v) is 7.22. The minimum Gasteiger partial charge on any atom is -0.399 e. The molecule has 2 aromatic heterocycles. The Hall–Kier alpha value is -2.54. The summed E-state index contributed by atoms with van der Waals surface area (Å²) in [4.78, 5) is 25.1. The summed E-state index contributed by atoms with van der Waals surface area (Å²) in [6, 6.07) is 12.4. The third-order valence-electron chi connectivity index (χ3n) is 2.88. The van der Waals surface area contributed by atoms with Gasteiger partial charge < -0.3 is 5.73 Å². The number of rotatable bonds is 3. The number of pyridine rings is 1. The van der Waals surface area contributed by atoms with E-state index in [4.69, 9.17) is 5.73 Å². The Morgan fingerprint density at radius 1 is 1.24 bits per heavy atom. The first kappa shape index (κ1) is 13.4. The second kappa shape index (κ2) is 5.45. The van der Waals surface area contributed by atoms with Gasteiger partial charge >= 0.3 is 5.69 Å². The van der Waals surface area contributed by atoms with E-state index in [-0.39, 0.29) is 11.7 Å². The van der Waals surface area contributed by atoms with Gasteiger partial charge in [0.05, 0.1) is 5.75 Å². The molecule has 1 aromatic carbocycles. The third kappa shape index (κ3) is 2.68. The van der Waals surface area contributed by atoms with E-state index in [1.807, 2.05) is 12.1 Å². The fraction of sp³-hybridized carbons (Fsp3) is 0.0714. The zero-order valence-corrected chi connectivity index (χ0v) is 11.8. The maximum absolute atomic E-state index is 12.1. The lowest BCUT2D eigenvalue weighted by atomic mass is 10.3. The summed E-state index contributed by atoms with van der Waals surface area (Å²) >= 11 is 1.32. The van der Waals surface area contributed by atoms with Gasteiger partial charge in [-0.15, -0.1) is 21.5 Å². The van der Waals surface area contributed by atoms with E-state index in [0.29, 0.717) is 11.3 Å². The van der Waals surface area contributed by atoms with Crippen molar-refractivity contribution in [3.05, 3.63) is 59.1 Å². The zero-order valence-electron chi connectivity index (χ0n) is 11.0. The highest BCUT2D eigenvalue weighted by Gasteiger charge is 2.13. The van der Waals surface area contributed by atoms with Crippen LogP contribution in [0.3, 0.4) is 0 Å². The summed E-state index contributed by atoms with van der Waals surface area (Å²) in [6.07, 6.45) is 1.58. The van der Waals surface area contributed by atoms with Gasteiger partial charge in [0, 0.05) is 16.8 Å². The predicted octanol–water partition coefficient (Wildman–Crippen LogP) is 1.51. The molecule has 0 aliphatic carbocycles. The van der Waals surface area contributed by atoms with Gasteiger partial charge in [-0.3, -0.25) is 4.79 Å². The van der Waals surface area contributed by atoms with Crippen LogP contribution in [0.2, 0.25) is 0 Å². The number of benzene rings is 1. The SMILES string of the molecule is Nc1cccc(SCC(=O)n2nc3ccccn3c2=O)c1. The number of fused-ring (bicyclic) bond motifs is 1. The lowest BCUT2D eigenvalue weighted by Gasteiger charge is -2.01. The first-order valence-electron chi connectivity index (χ1n) is 6.23. The molecule has 0 bridgehead atoms. The smallest absolute Gasteiger partial charge is 0.357 e. The van der Waals surface area contributed by atoms with Crippen LogP contribution in [0.1, 0.15) is 4.79 Å². The van der Waals surface area contributed by atoms with Crippen LogP contribution in [0, 0.1) is 0 Å². The number of nitrogens with zero attached hydrogens (tertiary/aromatic N) is 3. The number of nitrogen functional groups attached to an aromatic ring is 1. The Kier molecular flexibility index (Phi) is 3.49. The molecular formula is C14H12N4O2S. The molecule has 2 heterocycles. The predicted molar refractivity (Wildman–Crippen MR) is 81.7 cm³/mol. The molecule has 0 saturated heterocycles. The molecule has 0 atom stereocenters. The van der Waals surface area contributed by atoms with E-state index in [2.05, 4.69) is 5.10 Å². The van der Waals surface area contributed by atoms with Crippen molar-refractivity contribution in [2.24, 2.45) is 0 Å². The largest absolute Gasteiger partial charge is 0.399 e. The maximum atomic E-state index is 12.1. The lowest BCUT2D eigenvalue weighted by Crippen LogP contribution is -2.28. The number of anilines is 1. The van der Waals surface area contributed by atoms with Crippen LogP contribution in [0.5, 0.6) is 0 Å². The lowest BCUT2D eigenvalue weighted by molar-refractivity contribution is 0.0922. The fourth-order valence-corrected chi connectivity index (χ4v) is 2.70. The minimum atomic E-state index is -0.455. The summed E-state index contributed by atoms with van der Waals surface area (Å²) in [5.74, 6) is -0.246. The second-order valence-corrected chi connectivity index (χ2v) is 5.43. The topological polar surface area (TPSA) is 82.4 Å². The summed E-state index contributed by atoms with van der Waals surface area (Å²) in [7, 11) is 0. The van der Waals surface area contributed by atoms with Crippen LogP contribution in [-0.4, -0.2) is 25.8 Å². The minimum absolute atomic E-state index is 0.118. The number of hydrogen-bond donors (Lipinski definition) is 1. The van der Waals surface area contributed by atoms with E-state index in [1.54, 1.807) is 36.5 Å². The number of carbonyl (C=O) groups excluding carboxylic acids is 1. The summed E-state index contributed by atoms with van der Waals surface area (Å²) < 4.78 is 2.23. The summed E-state index contributed by atoms with van der Waals surface area (Å²) in [5.41, 5.74) is 6.31. The van der Waals surface area contributed by atoms with Crippen molar-refractivity contribution >= 4 is 29.0 Å². The van der Waals surface area contributed by atoms with Crippen LogP contribution in [0.15, 0.2) is 58.4 Å². The molecule has 0 aliphatic rings. The number of hydrogen-bond acceptors (Lipinski definition) is 5. The first-order chi connectivity index (χ1) is 10.1. The molecular weight excluding hydrogens is 288 g/mol. The molecule has 7 heteroatoms. The number of aromatic nitrogens is 3. The molecule has 0 spiro atoms. The monoisotopic (exact) mass is 300 g/mol.